The highest BCUT2D eigenvalue weighted by Gasteiger charge is 2.51. The van der Waals surface area contributed by atoms with Crippen LogP contribution in [0, 0.1) is 0 Å². The molecule has 1 rings (SSSR count). The molecule has 0 aromatic carbocycles. The van der Waals surface area contributed by atoms with Crippen LogP contribution in [0.2, 0.25) is 0 Å². The maximum atomic E-state index is 12.8. The molecule has 14 heteroatoms. The van der Waals surface area contributed by atoms with Gasteiger partial charge >= 0.3 is 7.82 Å². The van der Waals surface area contributed by atoms with E-state index >= 15 is 0 Å². The van der Waals surface area contributed by atoms with Gasteiger partial charge in [0.2, 0.25) is 5.91 Å². The molecule has 1 aliphatic carbocycles. The zero-order valence-electron chi connectivity index (χ0n) is 30.8. The van der Waals surface area contributed by atoms with Crippen molar-refractivity contribution >= 4 is 13.7 Å². The van der Waals surface area contributed by atoms with E-state index in [9.17, 15) is 50.0 Å². The normalized spacial score (nSPS) is 25.8. The maximum Gasteiger partial charge on any atom is 0.472 e. The van der Waals surface area contributed by atoms with Crippen LogP contribution in [-0.4, -0.2) is 108 Å². The lowest BCUT2D eigenvalue weighted by Gasteiger charge is -2.41. The molecule has 0 radical (unpaired) electrons. The molecule has 0 bridgehead atoms. The lowest BCUT2D eigenvalue weighted by molar-refractivity contribution is -0.220. The highest BCUT2D eigenvalue weighted by atomic mass is 31.2. The summed E-state index contributed by atoms with van der Waals surface area (Å²) in [4.78, 5) is 23.2. The molecule has 1 amide bonds. The lowest BCUT2D eigenvalue weighted by atomic mass is 9.85. The molecule has 1 fully saturated rings. The maximum absolute atomic E-state index is 12.8. The summed E-state index contributed by atoms with van der Waals surface area (Å²) in [6.45, 7) is 3.59. The molecule has 0 aliphatic heterocycles. The fourth-order valence-corrected chi connectivity index (χ4v) is 6.67. The number of carbonyl (C=O) groups excluding carboxylic acids is 1. The van der Waals surface area contributed by atoms with E-state index in [-0.39, 0.29) is 6.42 Å². The first-order chi connectivity index (χ1) is 24.3. The first-order valence-corrected chi connectivity index (χ1v) is 20.5. The van der Waals surface area contributed by atoms with E-state index in [0.29, 0.717) is 19.3 Å². The van der Waals surface area contributed by atoms with E-state index in [1.807, 2.05) is 0 Å². The fourth-order valence-electron chi connectivity index (χ4n) is 5.70. The third kappa shape index (κ3) is 21.1. The summed E-state index contributed by atoms with van der Waals surface area (Å²) in [6.07, 6.45) is 14.2. The van der Waals surface area contributed by atoms with Crippen molar-refractivity contribution < 1.29 is 59.0 Å². The molecule has 8 atom stereocenters. The number of aliphatic hydroxyl groups is 7. The first-order valence-electron chi connectivity index (χ1n) is 19.0. The molecule has 8 unspecified atom stereocenters. The van der Waals surface area contributed by atoms with Crippen LogP contribution in [0.15, 0.2) is 36.5 Å². The Morgan fingerprint density at radius 3 is 1.78 bits per heavy atom. The van der Waals surface area contributed by atoms with Crippen molar-refractivity contribution in [3.8, 4) is 0 Å². The summed E-state index contributed by atoms with van der Waals surface area (Å²) in [7, 11) is -5.14. The number of rotatable bonds is 29. The number of aliphatic hydroxyl groups excluding tert-OH is 7. The van der Waals surface area contributed by atoms with E-state index in [2.05, 4.69) is 43.5 Å². The zero-order chi connectivity index (χ0) is 38.1. The molecule has 1 saturated carbocycles. The molecule has 0 aromatic heterocycles. The molecule has 13 nitrogen and oxygen atoms in total. The monoisotopic (exact) mass is 749 g/mol. The summed E-state index contributed by atoms with van der Waals surface area (Å²) < 4.78 is 22.7. The molecular weight excluding hydrogens is 681 g/mol. The predicted octanol–water partition coefficient (Wildman–Crippen LogP) is 4.24. The van der Waals surface area contributed by atoms with Crippen molar-refractivity contribution in [1.82, 2.24) is 5.32 Å². The van der Waals surface area contributed by atoms with Crippen molar-refractivity contribution in [2.45, 2.75) is 184 Å². The van der Waals surface area contributed by atoms with E-state index in [1.165, 1.54) is 44.6 Å². The second-order valence-corrected chi connectivity index (χ2v) is 15.0. The lowest BCUT2D eigenvalue weighted by Crippen LogP contribution is -2.64. The predicted molar refractivity (Wildman–Crippen MR) is 197 cm³/mol. The van der Waals surface area contributed by atoms with Crippen LogP contribution in [0.1, 0.15) is 129 Å². The standard InChI is InChI=1S/C37H68NO12P/c1-3-5-7-9-11-13-14-15-16-17-19-21-23-25-30(40)29(38-31(41)26-28(39)24-22-20-18-12-10-8-6-4-2)27-49-51(47,48)50-37-35(45)33(43)32(42)34(44)36(37)46/h10,12,16-17,23,25,28-30,32-37,39-40,42-46H,3-9,11,13-15,18-22,24,26-27H2,1-2H3,(H,38,41)(H,47,48)/b12-10-,17-16+,25-23+. The van der Waals surface area contributed by atoms with Crippen molar-refractivity contribution in [2.75, 3.05) is 6.61 Å². The number of hydrogen-bond acceptors (Lipinski definition) is 11. The summed E-state index contributed by atoms with van der Waals surface area (Å²) >= 11 is 0. The highest BCUT2D eigenvalue weighted by Crippen LogP contribution is 2.47. The number of amides is 1. The number of nitrogens with one attached hydrogen (secondary N) is 1. The van der Waals surface area contributed by atoms with Gasteiger partial charge in [-0.25, -0.2) is 4.57 Å². The average Bonchev–Trinajstić information content (AvgIpc) is 3.09. The molecule has 9 N–H and O–H groups in total. The van der Waals surface area contributed by atoms with Crippen LogP contribution >= 0.6 is 7.82 Å². The van der Waals surface area contributed by atoms with Crippen molar-refractivity contribution in [3.05, 3.63) is 36.5 Å². The molecule has 1 aliphatic rings. The molecule has 0 heterocycles. The van der Waals surface area contributed by atoms with E-state index in [4.69, 9.17) is 9.05 Å². The number of phosphoric acid groups is 1. The van der Waals surface area contributed by atoms with E-state index in [0.717, 1.165) is 51.4 Å². The van der Waals surface area contributed by atoms with Gasteiger partial charge in [-0.15, -0.1) is 0 Å². The Labute approximate surface area is 305 Å². The molecular formula is C37H68NO12P. The Hall–Kier alpha value is -1.48. The number of allylic oxidation sites excluding steroid dienone is 5. The van der Waals surface area contributed by atoms with Gasteiger partial charge in [-0.05, 0) is 51.4 Å². The van der Waals surface area contributed by atoms with Crippen LogP contribution in [0.4, 0.5) is 0 Å². The molecule has 0 spiro atoms. The van der Waals surface area contributed by atoms with E-state index < -0.39 is 75.2 Å². The minimum absolute atomic E-state index is 0.269. The summed E-state index contributed by atoms with van der Waals surface area (Å²) in [6, 6.07) is -1.26. The Kier molecular flexibility index (Phi) is 26.1. The molecule has 51 heavy (non-hydrogen) atoms. The Morgan fingerprint density at radius 1 is 0.686 bits per heavy atom. The Bertz CT molecular complexity index is 1030. The second-order valence-electron chi connectivity index (χ2n) is 13.6. The summed E-state index contributed by atoms with van der Waals surface area (Å²) in [5.41, 5.74) is 0. The van der Waals surface area contributed by atoms with E-state index in [1.54, 1.807) is 6.08 Å². The number of hydrogen-bond donors (Lipinski definition) is 9. The van der Waals surface area contributed by atoms with Gasteiger partial charge in [-0.2, -0.15) is 0 Å². The SMILES string of the molecule is CCCC/C=C\CCCCC(O)CC(=O)NC(COP(=O)(O)OC1C(O)C(O)C(O)C(O)C1O)C(O)/C=C/CC/C=C/CCCCCCCCC. The summed E-state index contributed by atoms with van der Waals surface area (Å²) in [5, 5.41) is 73.8. The van der Waals surface area contributed by atoms with Gasteiger partial charge in [0.25, 0.3) is 0 Å². The third-order valence-electron chi connectivity index (χ3n) is 8.95. The largest absolute Gasteiger partial charge is 0.472 e. The molecule has 298 valence electrons. The minimum Gasteiger partial charge on any atom is -0.393 e. The minimum atomic E-state index is -5.14. The van der Waals surface area contributed by atoms with Gasteiger partial charge in [0.1, 0.15) is 36.6 Å². The Morgan fingerprint density at radius 2 is 1.18 bits per heavy atom. The van der Waals surface area contributed by atoms with Crippen LogP contribution in [0.5, 0.6) is 0 Å². The van der Waals surface area contributed by atoms with Crippen LogP contribution in [-0.2, 0) is 18.4 Å². The quantitative estimate of drug-likeness (QED) is 0.0297. The molecule has 0 aromatic rings. The highest BCUT2D eigenvalue weighted by molar-refractivity contribution is 7.47. The molecule has 0 saturated heterocycles. The van der Waals surface area contributed by atoms with Gasteiger partial charge in [-0.3, -0.25) is 13.8 Å². The average molecular weight is 750 g/mol. The van der Waals surface area contributed by atoms with Crippen molar-refractivity contribution in [2.24, 2.45) is 0 Å². The zero-order valence-corrected chi connectivity index (χ0v) is 31.6. The van der Waals surface area contributed by atoms with Gasteiger partial charge in [0.15, 0.2) is 0 Å². The van der Waals surface area contributed by atoms with Gasteiger partial charge < -0.3 is 46.0 Å². The second kappa shape index (κ2) is 28.0. The van der Waals surface area contributed by atoms with Crippen molar-refractivity contribution in [1.29, 1.82) is 0 Å². The Balaban J connectivity index is 2.73. The van der Waals surface area contributed by atoms with Crippen LogP contribution < -0.4 is 5.32 Å². The van der Waals surface area contributed by atoms with Gasteiger partial charge in [0.05, 0.1) is 31.3 Å². The topological polar surface area (TPSA) is 226 Å². The van der Waals surface area contributed by atoms with Crippen LogP contribution in [0.3, 0.4) is 0 Å². The number of phosphoric ester groups is 1. The fraction of sp³-hybridized carbons (Fsp3) is 0.811. The number of unbranched alkanes of at least 4 members (excludes halogenated alkanes) is 12. The van der Waals surface area contributed by atoms with Crippen molar-refractivity contribution in [3.63, 3.8) is 0 Å². The summed E-state index contributed by atoms with van der Waals surface area (Å²) in [5.74, 6) is -0.622. The third-order valence-corrected chi connectivity index (χ3v) is 9.93. The number of carbonyl (C=O) groups is 1. The van der Waals surface area contributed by atoms with Gasteiger partial charge in [-0.1, -0.05) is 108 Å². The smallest absolute Gasteiger partial charge is 0.393 e. The van der Waals surface area contributed by atoms with Crippen LogP contribution in [0.25, 0.3) is 0 Å². The van der Waals surface area contributed by atoms with Gasteiger partial charge in [0, 0.05) is 0 Å². The first kappa shape index (κ1) is 47.5.